The molecule has 1 aromatic carbocycles. The average molecular weight is 326 g/mol. The monoisotopic (exact) mass is 326 g/mol. The lowest BCUT2D eigenvalue weighted by molar-refractivity contribution is 0.415. The Morgan fingerprint density at radius 1 is 1.13 bits per heavy atom. The van der Waals surface area contributed by atoms with Crippen molar-refractivity contribution in [2.45, 2.75) is 6.92 Å². The molecule has 0 saturated carbocycles. The van der Waals surface area contributed by atoms with E-state index >= 15 is 0 Å². The van der Waals surface area contributed by atoms with Crippen molar-refractivity contribution in [2.75, 3.05) is 7.11 Å². The summed E-state index contributed by atoms with van der Waals surface area (Å²) in [6.45, 7) is 2.02. The van der Waals surface area contributed by atoms with Crippen LogP contribution < -0.4 is 4.74 Å². The van der Waals surface area contributed by atoms with Gasteiger partial charge in [0, 0.05) is 18.3 Å². The van der Waals surface area contributed by atoms with Gasteiger partial charge in [-0.05, 0) is 31.2 Å². The van der Waals surface area contributed by atoms with Crippen molar-refractivity contribution in [3.63, 3.8) is 0 Å². The van der Waals surface area contributed by atoms with E-state index in [0.717, 1.165) is 32.5 Å². The molecule has 7 nitrogen and oxygen atoms in total. The standard InChI is InChI=1S/C15H14N6OS/c1-9-12(8-16-20(9)2)14-19-21-13(17-18-15(21)23-14)10-4-6-11(22-3)7-5-10/h4-8H,1-3H3. The maximum atomic E-state index is 5.19. The zero-order valence-corrected chi connectivity index (χ0v) is 13.7. The number of benzene rings is 1. The number of fused-ring (bicyclic) bond motifs is 1. The summed E-state index contributed by atoms with van der Waals surface area (Å²) in [5, 5.41) is 18.3. The van der Waals surface area contributed by atoms with Crippen molar-refractivity contribution < 1.29 is 4.74 Å². The smallest absolute Gasteiger partial charge is 0.235 e. The lowest BCUT2D eigenvalue weighted by atomic mass is 10.2. The molecular weight excluding hydrogens is 312 g/mol. The van der Waals surface area contributed by atoms with E-state index in [9.17, 15) is 0 Å². The van der Waals surface area contributed by atoms with E-state index in [1.165, 1.54) is 11.3 Å². The summed E-state index contributed by atoms with van der Waals surface area (Å²) in [7, 11) is 3.56. The van der Waals surface area contributed by atoms with E-state index in [1.807, 2.05) is 49.1 Å². The molecule has 0 unspecified atom stereocenters. The van der Waals surface area contributed by atoms with Gasteiger partial charge in [-0.2, -0.15) is 14.7 Å². The van der Waals surface area contributed by atoms with Crippen LogP contribution in [0.2, 0.25) is 0 Å². The minimum Gasteiger partial charge on any atom is -0.497 e. The molecule has 0 aliphatic carbocycles. The van der Waals surface area contributed by atoms with Crippen molar-refractivity contribution in [3.8, 4) is 27.7 Å². The fourth-order valence-electron chi connectivity index (χ4n) is 2.35. The van der Waals surface area contributed by atoms with Gasteiger partial charge in [0.25, 0.3) is 0 Å². The Balaban J connectivity index is 1.81. The van der Waals surface area contributed by atoms with Crippen molar-refractivity contribution in [1.82, 2.24) is 29.6 Å². The van der Waals surface area contributed by atoms with Crippen molar-refractivity contribution in [2.24, 2.45) is 7.05 Å². The molecule has 0 amide bonds. The van der Waals surface area contributed by atoms with Crippen LogP contribution in [-0.4, -0.2) is 36.7 Å². The number of nitrogens with zero attached hydrogens (tertiary/aromatic N) is 6. The van der Waals surface area contributed by atoms with Gasteiger partial charge in [-0.25, -0.2) is 0 Å². The lowest BCUT2D eigenvalue weighted by Crippen LogP contribution is -1.93. The number of aryl methyl sites for hydroxylation is 1. The minimum atomic E-state index is 0.715. The normalized spacial score (nSPS) is 11.3. The maximum Gasteiger partial charge on any atom is 0.235 e. The van der Waals surface area contributed by atoms with Crippen LogP contribution >= 0.6 is 11.3 Å². The Morgan fingerprint density at radius 2 is 1.91 bits per heavy atom. The molecular formula is C15H14N6OS. The molecule has 0 spiro atoms. The number of aromatic nitrogens is 6. The van der Waals surface area contributed by atoms with Crippen LogP contribution in [0.1, 0.15) is 5.69 Å². The Morgan fingerprint density at radius 3 is 2.57 bits per heavy atom. The van der Waals surface area contributed by atoms with Crippen LogP contribution in [0.25, 0.3) is 26.9 Å². The first-order valence-electron chi connectivity index (χ1n) is 7.03. The van der Waals surface area contributed by atoms with Gasteiger partial charge in [-0.15, -0.1) is 10.2 Å². The third kappa shape index (κ3) is 2.18. The first-order valence-corrected chi connectivity index (χ1v) is 7.84. The third-order valence-corrected chi connectivity index (χ3v) is 4.74. The Kier molecular flexibility index (Phi) is 3.12. The van der Waals surface area contributed by atoms with E-state index in [-0.39, 0.29) is 0 Å². The number of methoxy groups -OCH3 is 1. The molecule has 4 rings (SSSR count). The molecule has 4 aromatic rings. The van der Waals surface area contributed by atoms with Crippen molar-refractivity contribution in [3.05, 3.63) is 36.2 Å². The van der Waals surface area contributed by atoms with E-state index in [0.29, 0.717) is 5.82 Å². The molecule has 8 heteroatoms. The quantitative estimate of drug-likeness (QED) is 0.579. The highest BCUT2D eigenvalue weighted by atomic mass is 32.1. The first-order chi connectivity index (χ1) is 11.2. The van der Waals surface area contributed by atoms with E-state index < -0.39 is 0 Å². The van der Waals surface area contributed by atoms with Gasteiger partial charge in [0.2, 0.25) is 4.96 Å². The van der Waals surface area contributed by atoms with E-state index in [4.69, 9.17) is 4.74 Å². The molecule has 3 aromatic heterocycles. The maximum absolute atomic E-state index is 5.19. The van der Waals surface area contributed by atoms with Crippen LogP contribution in [0.15, 0.2) is 30.5 Å². The molecule has 0 aliphatic rings. The zero-order valence-electron chi connectivity index (χ0n) is 12.9. The van der Waals surface area contributed by atoms with Crippen LogP contribution in [0, 0.1) is 6.92 Å². The SMILES string of the molecule is COc1ccc(-c2nnc3sc(-c4cnn(C)c4C)nn23)cc1. The second kappa shape index (κ2) is 5.17. The minimum absolute atomic E-state index is 0.715. The van der Waals surface area contributed by atoms with Crippen LogP contribution in [0.3, 0.4) is 0 Å². The predicted molar refractivity (Wildman–Crippen MR) is 87.6 cm³/mol. The van der Waals surface area contributed by atoms with Gasteiger partial charge in [0.05, 0.1) is 18.9 Å². The molecule has 0 N–H and O–H groups in total. The number of hydrogen-bond donors (Lipinski definition) is 0. The number of ether oxygens (including phenoxy) is 1. The van der Waals surface area contributed by atoms with Gasteiger partial charge >= 0.3 is 0 Å². The number of rotatable bonds is 3. The summed E-state index contributed by atoms with van der Waals surface area (Å²) in [4.78, 5) is 0.758. The highest BCUT2D eigenvalue weighted by Gasteiger charge is 2.17. The van der Waals surface area contributed by atoms with Crippen molar-refractivity contribution >= 4 is 16.3 Å². The summed E-state index contributed by atoms with van der Waals surface area (Å²) >= 11 is 1.50. The Bertz CT molecular complexity index is 981. The molecule has 23 heavy (non-hydrogen) atoms. The summed E-state index contributed by atoms with van der Waals surface area (Å²) in [5.41, 5.74) is 3.03. The molecule has 3 heterocycles. The first kappa shape index (κ1) is 13.9. The van der Waals surface area contributed by atoms with Crippen molar-refractivity contribution in [1.29, 1.82) is 0 Å². The third-order valence-electron chi connectivity index (χ3n) is 3.80. The molecule has 0 radical (unpaired) electrons. The highest BCUT2D eigenvalue weighted by Crippen LogP contribution is 2.30. The summed E-state index contributed by atoms with van der Waals surface area (Å²) in [5.74, 6) is 1.52. The van der Waals surface area contributed by atoms with Crippen LogP contribution in [0.4, 0.5) is 0 Å². The predicted octanol–water partition coefficient (Wildman–Crippen LogP) is 2.57. The number of hydrogen-bond acceptors (Lipinski definition) is 6. The molecule has 0 bridgehead atoms. The summed E-state index contributed by atoms with van der Waals surface area (Å²) < 4.78 is 8.79. The van der Waals surface area contributed by atoms with E-state index in [2.05, 4.69) is 20.4 Å². The fourth-order valence-corrected chi connectivity index (χ4v) is 3.26. The Hall–Kier alpha value is -2.74. The van der Waals surface area contributed by atoms with Crippen LogP contribution in [-0.2, 0) is 7.05 Å². The van der Waals surface area contributed by atoms with Gasteiger partial charge in [0.1, 0.15) is 5.75 Å². The summed E-state index contributed by atoms with van der Waals surface area (Å²) in [6, 6.07) is 7.69. The summed E-state index contributed by atoms with van der Waals surface area (Å²) in [6.07, 6.45) is 1.83. The average Bonchev–Trinajstić information content (AvgIpc) is 3.23. The largest absolute Gasteiger partial charge is 0.497 e. The highest BCUT2D eigenvalue weighted by molar-refractivity contribution is 7.19. The second-order valence-corrected chi connectivity index (χ2v) is 6.08. The van der Waals surface area contributed by atoms with Gasteiger partial charge < -0.3 is 4.74 Å². The molecule has 0 saturated heterocycles. The molecule has 116 valence electrons. The molecule has 0 atom stereocenters. The van der Waals surface area contributed by atoms with Crippen LogP contribution in [0.5, 0.6) is 5.75 Å². The topological polar surface area (TPSA) is 70.1 Å². The molecule has 0 fully saturated rings. The zero-order chi connectivity index (χ0) is 16.0. The van der Waals surface area contributed by atoms with Gasteiger partial charge in [0.15, 0.2) is 10.8 Å². The van der Waals surface area contributed by atoms with E-state index in [1.54, 1.807) is 11.6 Å². The van der Waals surface area contributed by atoms with Gasteiger partial charge in [-0.3, -0.25) is 4.68 Å². The Labute approximate surface area is 136 Å². The second-order valence-electron chi connectivity index (χ2n) is 5.12. The fraction of sp³-hybridized carbons (Fsp3) is 0.200. The lowest BCUT2D eigenvalue weighted by Gasteiger charge is -2.00. The van der Waals surface area contributed by atoms with Gasteiger partial charge in [-0.1, -0.05) is 11.3 Å². The molecule has 0 aliphatic heterocycles.